The molecule has 0 bridgehead atoms. The van der Waals surface area contributed by atoms with Crippen LogP contribution in [-0.2, 0) is 4.74 Å². The summed E-state index contributed by atoms with van der Waals surface area (Å²) in [4.78, 5) is 16.3. The van der Waals surface area contributed by atoms with Gasteiger partial charge < -0.3 is 10.1 Å². The molecule has 1 heterocycles. The number of carbonyl (C=O) groups is 1. The first-order valence-corrected chi connectivity index (χ1v) is 7.59. The molecule has 0 saturated heterocycles. The fourth-order valence-corrected chi connectivity index (χ4v) is 2.75. The predicted molar refractivity (Wildman–Crippen MR) is 85.8 cm³/mol. The molecule has 6 heteroatoms. The number of amides is 2. The number of aryl methyl sites for hydroxylation is 1. The summed E-state index contributed by atoms with van der Waals surface area (Å²) < 4.78 is 4.93. The highest BCUT2D eigenvalue weighted by molar-refractivity contribution is 7.19. The molecule has 0 atom stereocenters. The summed E-state index contributed by atoms with van der Waals surface area (Å²) in [6.45, 7) is 3.12. The fraction of sp³-hybridized carbons (Fsp3) is 0.333. The van der Waals surface area contributed by atoms with Gasteiger partial charge in [0.15, 0.2) is 0 Å². The Hall–Kier alpha value is -1.92. The smallest absolute Gasteiger partial charge is 0.319 e. The maximum absolute atomic E-state index is 11.8. The van der Waals surface area contributed by atoms with Crippen LogP contribution < -0.4 is 10.6 Å². The van der Waals surface area contributed by atoms with Crippen LogP contribution in [0.4, 0.5) is 9.80 Å². The van der Waals surface area contributed by atoms with Crippen molar-refractivity contribution in [3.63, 3.8) is 0 Å². The van der Waals surface area contributed by atoms with Crippen LogP contribution in [0.3, 0.4) is 0 Å². The standard InChI is InChI=1S/C15H19N3O2S/c1-11-13(18-15(19)16-9-6-10-20-2)21-14(17-11)12-7-4-3-5-8-12/h3-5,7-8H,6,9-10H2,1-2H3,(H2,16,18,19). The second-order valence-corrected chi connectivity index (χ2v) is 5.53. The molecule has 5 nitrogen and oxygen atoms in total. The number of nitrogens with one attached hydrogen (secondary N) is 2. The summed E-state index contributed by atoms with van der Waals surface area (Å²) in [5.41, 5.74) is 1.88. The van der Waals surface area contributed by atoms with Gasteiger partial charge in [0.05, 0.1) is 5.69 Å². The van der Waals surface area contributed by atoms with Gasteiger partial charge >= 0.3 is 6.03 Å². The molecule has 0 spiro atoms. The molecule has 0 unspecified atom stereocenters. The summed E-state index contributed by atoms with van der Waals surface area (Å²) >= 11 is 1.48. The van der Waals surface area contributed by atoms with Crippen LogP contribution in [0.25, 0.3) is 10.6 Å². The van der Waals surface area contributed by atoms with E-state index in [1.165, 1.54) is 11.3 Å². The molecule has 1 aromatic carbocycles. The molecular formula is C15H19N3O2S. The Morgan fingerprint density at radius 3 is 2.81 bits per heavy atom. The van der Waals surface area contributed by atoms with Gasteiger partial charge in [-0.2, -0.15) is 0 Å². The largest absolute Gasteiger partial charge is 0.385 e. The van der Waals surface area contributed by atoms with Gasteiger partial charge in [-0.25, -0.2) is 9.78 Å². The number of thiazole rings is 1. The fourth-order valence-electron chi connectivity index (χ4n) is 1.78. The molecule has 0 fully saturated rings. The quantitative estimate of drug-likeness (QED) is 0.805. The van der Waals surface area contributed by atoms with Crippen LogP contribution in [-0.4, -0.2) is 31.3 Å². The zero-order valence-electron chi connectivity index (χ0n) is 12.2. The number of carbonyl (C=O) groups excluding carboxylic acids is 1. The first-order chi connectivity index (χ1) is 10.2. The van der Waals surface area contributed by atoms with Crippen molar-refractivity contribution in [2.75, 3.05) is 25.6 Å². The van der Waals surface area contributed by atoms with Gasteiger partial charge in [-0.1, -0.05) is 41.7 Å². The van der Waals surface area contributed by atoms with Gasteiger partial charge in [0.2, 0.25) is 0 Å². The second-order valence-electron chi connectivity index (χ2n) is 4.53. The summed E-state index contributed by atoms with van der Waals surface area (Å²) in [5.74, 6) is 0. The van der Waals surface area contributed by atoms with Gasteiger partial charge in [0.25, 0.3) is 0 Å². The van der Waals surface area contributed by atoms with E-state index in [-0.39, 0.29) is 6.03 Å². The highest BCUT2D eigenvalue weighted by atomic mass is 32.1. The number of rotatable bonds is 6. The molecular weight excluding hydrogens is 286 g/mol. The van der Waals surface area contributed by atoms with Crippen molar-refractivity contribution in [1.29, 1.82) is 0 Å². The Morgan fingerprint density at radius 2 is 2.10 bits per heavy atom. The molecule has 0 aliphatic carbocycles. The van der Waals surface area contributed by atoms with E-state index in [0.717, 1.165) is 27.7 Å². The van der Waals surface area contributed by atoms with Crippen molar-refractivity contribution >= 4 is 22.4 Å². The van der Waals surface area contributed by atoms with Crippen molar-refractivity contribution in [2.24, 2.45) is 0 Å². The lowest BCUT2D eigenvalue weighted by molar-refractivity contribution is 0.194. The van der Waals surface area contributed by atoms with E-state index in [1.807, 2.05) is 37.3 Å². The average Bonchev–Trinajstić information content (AvgIpc) is 2.86. The molecule has 0 saturated carbocycles. The SMILES string of the molecule is COCCCNC(=O)Nc1sc(-c2ccccc2)nc1C. The van der Waals surface area contributed by atoms with Gasteiger partial charge in [0.1, 0.15) is 10.0 Å². The van der Waals surface area contributed by atoms with Crippen molar-refractivity contribution in [1.82, 2.24) is 10.3 Å². The molecule has 0 radical (unpaired) electrons. The summed E-state index contributed by atoms with van der Waals surface area (Å²) in [6.07, 6.45) is 0.793. The number of aromatic nitrogens is 1. The minimum atomic E-state index is -0.211. The minimum Gasteiger partial charge on any atom is -0.385 e. The molecule has 21 heavy (non-hydrogen) atoms. The Labute approximate surface area is 128 Å². The number of hydrogen-bond donors (Lipinski definition) is 2. The topological polar surface area (TPSA) is 63.2 Å². The Bertz CT molecular complexity index is 584. The highest BCUT2D eigenvalue weighted by Crippen LogP contribution is 2.31. The van der Waals surface area contributed by atoms with Crippen LogP contribution in [0.2, 0.25) is 0 Å². The lowest BCUT2D eigenvalue weighted by Gasteiger charge is -2.05. The second kappa shape index (κ2) is 7.75. The first-order valence-electron chi connectivity index (χ1n) is 6.77. The molecule has 2 amide bonds. The average molecular weight is 305 g/mol. The summed E-state index contributed by atoms with van der Waals surface area (Å²) in [6, 6.07) is 9.72. The lowest BCUT2D eigenvalue weighted by Crippen LogP contribution is -2.29. The molecule has 112 valence electrons. The van der Waals surface area contributed by atoms with E-state index in [9.17, 15) is 4.79 Å². The van der Waals surface area contributed by atoms with Crippen LogP contribution in [0.15, 0.2) is 30.3 Å². The van der Waals surface area contributed by atoms with E-state index in [1.54, 1.807) is 7.11 Å². The third-order valence-corrected chi connectivity index (χ3v) is 3.98. The van der Waals surface area contributed by atoms with E-state index >= 15 is 0 Å². The van der Waals surface area contributed by atoms with Gasteiger partial charge in [0, 0.05) is 25.8 Å². The van der Waals surface area contributed by atoms with Crippen molar-refractivity contribution in [2.45, 2.75) is 13.3 Å². The number of hydrogen-bond acceptors (Lipinski definition) is 4. The van der Waals surface area contributed by atoms with E-state index in [4.69, 9.17) is 4.74 Å². The number of ether oxygens (including phenoxy) is 1. The maximum atomic E-state index is 11.8. The molecule has 2 aromatic rings. The third kappa shape index (κ3) is 4.54. The van der Waals surface area contributed by atoms with E-state index in [0.29, 0.717) is 13.2 Å². The third-order valence-electron chi connectivity index (χ3n) is 2.86. The number of methoxy groups -OCH3 is 1. The van der Waals surface area contributed by atoms with Crippen molar-refractivity contribution in [3.05, 3.63) is 36.0 Å². The van der Waals surface area contributed by atoms with Crippen LogP contribution in [0.5, 0.6) is 0 Å². The maximum Gasteiger partial charge on any atom is 0.319 e. The summed E-state index contributed by atoms with van der Waals surface area (Å²) in [7, 11) is 1.64. The number of nitrogens with zero attached hydrogens (tertiary/aromatic N) is 1. The van der Waals surface area contributed by atoms with Crippen molar-refractivity contribution in [3.8, 4) is 10.6 Å². The van der Waals surface area contributed by atoms with E-state index < -0.39 is 0 Å². The monoisotopic (exact) mass is 305 g/mol. The Kier molecular flexibility index (Phi) is 5.71. The molecule has 1 aromatic heterocycles. The van der Waals surface area contributed by atoms with E-state index in [2.05, 4.69) is 15.6 Å². The number of benzene rings is 1. The number of urea groups is 1. The van der Waals surface area contributed by atoms with Crippen LogP contribution in [0, 0.1) is 6.92 Å². The predicted octanol–water partition coefficient (Wildman–Crippen LogP) is 3.28. The normalized spacial score (nSPS) is 10.4. The molecule has 0 aliphatic rings. The zero-order chi connectivity index (χ0) is 15.1. The molecule has 0 aliphatic heterocycles. The highest BCUT2D eigenvalue weighted by Gasteiger charge is 2.11. The molecule has 2 N–H and O–H groups in total. The van der Waals surface area contributed by atoms with Gasteiger partial charge in [-0.3, -0.25) is 5.32 Å². The van der Waals surface area contributed by atoms with Gasteiger partial charge in [-0.15, -0.1) is 0 Å². The summed E-state index contributed by atoms with van der Waals surface area (Å²) in [5, 5.41) is 7.31. The van der Waals surface area contributed by atoms with Crippen molar-refractivity contribution < 1.29 is 9.53 Å². The first kappa shape index (κ1) is 15.5. The number of anilines is 1. The lowest BCUT2D eigenvalue weighted by atomic mass is 10.2. The van der Waals surface area contributed by atoms with Gasteiger partial charge in [-0.05, 0) is 13.3 Å². The Morgan fingerprint density at radius 1 is 1.33 bits per heavy atom. The zero-order valence-corrected chi connectivity index (χ0v) is 13.0. The Balaban J connectivity index is 1.95. The molecule has 2 rings (SSSR count). The van der Waals surface area contributed by atoms with Crippen LogP contribution in [0.1, 0.15) is 12.1 Å². The minimum absolute atomic E-state index is 0.211. The van der Waals surface area contributed by atoms with Crippen LogP contribution >= 0.6 is 11.3 Å².